The van der Waals surface area contributed by atoms with Crippen molar-refractivity contribution in [3.63, 3.8) is 0 Å². The molecule has 46 heavy (non-hydrogen) atoms. The average molecular weight is 644 g/mol. The van der Waals surface area contributed by atoms with Gasteiger partial charge >= 0.3 is 0 Å². The average Bonchev–Trinajstić information content (AvgIpc) is 3.50. The lowest BCUT2D eigenvalue weighted by atomic mass is 9.96. The van der Waals surface area contributed by atoms with Gasteiger partial charge in [0.1, 0.15) is 5.02 Å². The smallest absolute Gasteiger partial charge is 0.235 e. The van der Waals surface area contributed by atoms with Gasteiger partial charge in [0.2, 0.25) is 24.2 Å². The van der Waals surface area contributed by atoms with Crippen LogP contribution in [0.3, 0.4) is 0 Å². The fourth-order valence-electron chi connectivity index (χ4n) is 6.75. The topological polar surface area (TPSA) is 129 Å². The first-order chi connectivity index (χ1) is 22.1. The number of nitrogens with one attached hydrogen (secondary N) is 2. The van der Waals surface area contributed by atoms with Crippen LogP contribution in [-0.2, 0) is 27.9 Å². The zero-order valence-corrected chi connectivity index (χ0v) is 27.4. The molecule has 3 amide bonds. The number of anilines is 5. The van der Waals surface area contributed by atoms with E-state index in [9.17, 15) is 14.4 Å². The second-order valence-electron chi connectivity index (χ2n) is 12.2. The summed E-state index contributed by atoms with van der Waals surface area (Å²) in [5.41, 5.74) is 5.35. The molecule has 0 bridgehead atoms. The van der Waals surface area contributed by atoms with E-state index in [0.717, 1.165) is 53.0 Å². The summed E-state index contributed by atoms with van der Waals surface area (Å²) >= 11 is 6.54. The number of halogens is 1. The van der Waals surface area contributed by atoms with Crippen molar-refractivity contribution < 1.29 is 14.4 Å². The lowest BCUT2D eigenvalue weighted by Gasteiger charge is -2.45. The van der Waals surface area contributed by atoms with Gasteiger partial charge in [-0.15, -0.1) is 0 Å². The van der Waals surface area contributed by atoms with E-state index in [1.54, 1.807) is 22.8 Å². The second kappa shape index (κ2) is 12.6. The molecule has 0 aliphatic carbocycles. The maximum Gasteiger partial charge on any atom is 0.235 e. The number of carbonyl (C=O) groups is 3. The van der Waals surface area contributed by atoms with Crippen LogP contribution in [0, 0.1) is 0 Å². The predicted octanol–water partition coefficient (Wildman–Crippen LogP) is 4.54. The molecule has 4 heterocycles. The Morgan fingerprint density at radius 1 is 1.13 bits per heavy atom. The molecule has 4 aromatic rings. The summed E-state index contributed by atoms with van der Waals surface area (Å²) < 4.78 is 1.81. The molecule has 1 saturated heterocycles. The van der Waals surface area contributed by atoms with E-state index in [1.165, 1.54) is 0 Å². The summed E-state index contributed by atoms with van der Waals surface area (Å²) in [6, 6.07) is 12.2. The minimum atomic E-state index is -0.499. The molecule has 2 aromatic carbocycles. The second-order valence-corrected chi connectivity index (χ2v) is 12.6. The van der Waals surface area contributed by atoms with Crippen molar-refractivity contribution in [1.82, 2.24) is 25.1 Å². The summed E-state index contributed by atoms with van der Waals surface area (Å²) in [4.78, 5) is 51.5. The molecule has 2 aliphatic heterocycles. The molecular weight excluding hydrogens is 606 g/mol. The highest BCUT2D eigenvalue weighted by atomic mass is 35.5. The minimum Gasteiger partial charge on any atom is -0.367 e. The van der Waals surface area contributed by atoms with Gasteiger partial charge in [0.25, 0.3) is 0 Å². The molecule has 0 saturated carbocycles. The Labute approximate surface area is 272 Å². The van der Waals surface area contributed by atoms with E-state index in [0.29, 0.717) is 41.7 Å². The third-order valence-electron chi connectivity index (χ3n) is 8.95. The summed E-state index contributed by atoms with van der Waals surface area (Å²) in [6.07, 6.45) is 3.81. The number of imide groups is 1. The van der Waals surface area contributed by atoms with Crippen molar-refractivity contribution >= 4 is 69.6 Å². The number of rotatable bonds is 9. The maximum absolute atomic E-state index is 12.7. The number of piperazine rings is 1. The largest absolute Gasteiger partial charge is 0.367 e. The van der Waals surface area contributed by atoms with E-state index in [-0.39, 0.29) is 23.9 Å². The Balaban J connectivity index is 1.21. The third-order valence-corrected chi connectivity index (χ3v) is 9.23. The predicted molar refractivity (Wildman–Crippen MR) is 180 cm³/mol. The highest BCUT2D eigenvalue weighted by Gasteiger charge is 2.33. The minimum absolute atomic E-state index is 0.0716. The standard InChI is InChI=1S/C33H38ClN9O3/c1-6-7-25(32(46)36-18-44)30-24-10-9-23(14-28(24)41(5)39-30)42-16-19(2)43(20(3)17-42)33-35-15-26(34)31(38-33)37-22-8-11-27-21(12-22)13-29(45)40(27)4/h8-12,14-15,18-20,25H,6-7,13,16-17H2,1-5H3,(H,35,37,38)(H,36,44,46). The van der Waals surface area contributed by atoms with Crippen LogP contribution in [0.15, 0.2) is 42.6 Å². The number of hydrogen-bond donors (Lipinski definition) is 2. The number of amides is 3. The number of likely N-dealkylation sites (N-methyl/N-ethyl adjacent to an activating group) is 1. The molecule has 12 nitrogen and oxygen atoms in total. The van der Waals surface area contributed by atoms with Crippen LogP contribution in [-0.4, -0.2) is 70.2 Å². The molecule has 3 unspecified atom stereocenters. The van der Waals surface area contributed by atoms with Gasteiger partial charge in [-0.1, -0.05) is 24.9 Å². The molecule has 2 aliphatic rings. The van der Waals surface area contributed by atoms with Crippen LogP contribution in [0.25, 0.3) is 10.9 Å². The highest BCUT2D eigenvalue weighted by molar-refractivity contribution is 6.33. The van der Waals surface area contributed by atoms with E-state index >= 15 is 0 Å². The first-order valence-corrected chi connectivity index (χ1v) is 15.9. The van der Waals surface area contributed by atoms with Crippen LogP contribution in [0.1, 0.15) is 50.8 Å². The summed E-state index contributed by atoms with van der Waals surface area (Å²) in [5.74, 6) is 0.332. The van der Waals surface area contributed by atoms with Crippen molar-refractivity contribution in [1.29, 1.82) is 0 Å². The van der Waals surface area contributed by atoms with E-state index in [1.807, 2.05) is 38.2 Å². The van der Waals surface area contributed by atoms with Gasteiger partial charge in [-0.3, -0.25) is 24.4 Å². The van der Waals surface area contributed by atoms with Gasteiger partial charge in [0.15, 0.2) is 5.82 Å². The zero-order valence-electron chi connectivity index (χ0n) is 26.6. The van der Waals surface area contributed by atoms with Gasteiger partial charge in [0.05, 0.1) is 29.7 Å². The normalized spacial score (nSPS) is 18.6. The quantitative estimate of drug-likeness (QED) is 0.253. The van der Waals surface area contributed by atoms with Gasteiger partial charge < -0.3 is 20.0 Å². The molecule has 3 atom stereocenters. The lowest BCUT2D eigenvalue weighted by molar-refractivity contribution is -0.126. The Morgan fingerprint density at radius 2 is 1.89 bits per heavy atom. The molecule has 0 spiro atoms. The number of hydrogen-bond acceptors (Lipinski definition) is 9. The Bertz CT molecular complexity index is 1810. The number of carbonyl (C=O) groups excluding carboxylic acids is 3. The van der Waals surface area contributed by atoms with Crippen molar-refractivity contribution in [3.05, 3.63) is 58.9 Å². The number of aromatic nitrogens is 4. The van der Waals surface area contributed by atoms with Crippen LogP contribution >= 0.6 is 11.6 Å². The molecule has 13 heteroatoms. The van der Waals surface area contributed by atoms with Crippen LogP contribution in [0.4, 0.5) is 28.8 Å². The van der Waals surface area contributed by atoms with Crippen LogP contribution < -0.4 is 25.3 Å². The molecule has 2 aromatic heterocycles. The Hall–Kier alpha value is -4.71. The van der Waals surface area contributed by atoms with Crippen LogP contribution in [0.5, 0.6) is 0 Å². The van der Waals surface area contributed by atoms with Gasteiger partial charge in [0, 0.05) is 61.7 Å². The van der Waals surface area contributed by atoms with Crippen molar-refractivity contribution in [2.24, 2.45) is 7.05 Å². The number of aryl methyl sites for hydroxylation is 1. The first-order valence-electron chi connectivity index (χ1n) is 15.5. The molecule has 1 fully saturated rings. The Morgan fingerprint density at radius 3 is 2.61 bits per heavy atom. The van der Waals surface area contributed by atoms with E-state index < -0.39 is 5.92 Å². The van der Waals surface area contributed by atoms with E-state index in [2.05, 4.69) is 51.4 Å². The first kappa shape index (κ1) is 31.3. The molecular formula is C33H38ClN9O3. The fourth-order valence-corrected chi connectivity index (χ4v) is 6.89. The molecule has 0 radical (unpaired) electrons. The molecule has 240 valence electrons. The van der Waals surface area contributed by atoms with Gasteiger partial charge in [-0.2, -0.15) is 10.1 Å². The van der Waals surface area contributed by atoms with Crippen LogP contribution in [0.2, 0.25) is 5.02 Å². The lowest BCUT2D eigenvalue weighted by Crippen LogP contribution is -2.57. The SMILES string of the molecule is CCCC(C(=O)NC=O)c1nn(C)c2cc(N3CC(C)N(c4ncc(Cl)c(Nc5ccc6c(c5)CC(=O)N6C)n4)C(C)C3)ccc12. The summed E-state index contributed by atoms with van der Waals surface area (Å²) in [5, 5.41) is 11.7. The van der Waals surface area contributed by atoms with Gasteiger partial charge in [-0.05, 0) is 62.2 Å². The monoisotopic (exact) mass is 643 g/mol. The zero-order chi connectivity index (χ0) is 32.7. The summed E-state index contributed by atoms with van der Waals surface area (Å²) in [7, 11) is 3.66. The summed E-state index contributed by atoms with van der Waals surface area (Å²) in [6.45, 7) is 7.80. The van der Waals surface area contributed by atoms with E-state index in [4.69, 9.17) is 21.7 Å². The molecule has 2 N–H and O–H groups in total. The molecule has 6 rings (SSSR count). The third kappa shape index (κ3) is 5.73. The number of benzene rings is 2. The van der Waals surface area contributed by atoms with Gasteiger partial charge in [-0.25, -0.2) is 4.98 Å². The van der Waals surface area contributed by atoms with Crippen molar-refractivity contribution in [2.75, 3.05) is 40.2 Å². The maximum atomic E-state index is 12.7. The highest BCUT2D eigenvalue weighted by Crippen LogP contribution is 2.35. The van der Waals surface area contributed by atoms with Crippen molar-refractivity contribution in [3.8, 4) is 0 Å². The fraction of sp³-hybridized carbons (Fsp3) is 0.394. The number of nitrogens with zero attached hydrogens (tertiary/aromatic N) is 7. The Kier molecular flexibility index (Phi) is 8.56. The number of fused-ring (bicyclic) bond motifs is 2. The van der Waals surface area contributed by atoms with Crippen molar-refractivity contribution in [2.45, 2.75) is 58.0 Å².